The van der Waals surface area contributed by atoms with Crippen molar-refractivity contribution in [1.29, 1.82) is 0 Å². The van der Waals surface area contributed by atoms with Crippen molar-refractivity contribution in [2.24, 2.45) is 0 Å². The van der Waals surface area contributed by atoms with Gasteiger partial charge in [0.15, 0.2) is 0 Å². The van der Waals surface area contributed by atoms with Crippen molar-refractivity contribution in [3.63, 3.8) is 0 Å². The lowest BCUT2D eigenvalue weighted by atomic mass is 9.91. The molecule has 0 aromatic carbocycles. The van der Waals surface area contributed by atoms with Gasteiger partial charge in [0.2, 0.25) is 0 Å². The van der Waals surface area contributed by atoms with Gasteiger partial charge in [0.1, 0.15) is 4.88 Å². The van der Waals surface area contributed by atoms with E-state index in [-0.39, 0.29) is 5.41 Å². The summed E-state index contributed by atoms with van der Waals surface area (Å²) in [5, 5.41) is 10.2. The zero-order chi connectivity index (χ0) is 15.3. The first-order valence-corrected chi connectivity index (χ1v) is 7.99. The lowest BCUT2D eigenvalue weighted by molar-refractivity contribution is 0.0699. The SMILES string of the molecule is CCCCN(C)CCc1nc(C(C)(C)C)c(C(=O)O)s1. The Morgan fingerprint density at radius 3 is 2.45 bits per heavy atom. The van der Waals surface area contributed by atoms with Crippen LogP contribution in [0.3, 0.4) is 0 Å². The van der Waals surface area contributed by atoms with Crippen LogP contribution < -0.4 is 0 Å². The smallest absolute Gasteiger partial charge is 0.347 e. The highest BCUT2D eigenvalue weighted by molar-refractivity contribution is 7.13. The summed E-state index contributed by atoms with van der Waals surface area (Å²) in [4.78, 5) is 18.6. The van der Waals surface area contributed by atoms with E-state index in [9.17, 15) is 9.90 Å². The van der Waals surface area contributed by atoms with E-state index in [4.69, 9.17) is 0 Å². The van der Waals surface area contributed by atoms with Gasteiger partial charge < -0.3 is 10.0 Å². The number of unbranched alkanes of at least 4 members (excludes halogenated alkanes) is 1. The Labute approximate surface area is 125 Å². The first-order valence-electron chi connectivity index (χ1n) is 7.17. The molecule has 114 valence electrons. The Bertz CT molecular complexity index is 449. The molecular formula is C15H26N2O2S. The first-order chi connectivity index (χ1) is 9.25. The zero-order valence-corrected chi connectivity index (χ0v) is 14.0. The summed E-state index contributed by atoms with van der Waals surface area (Å²) in [5.41, 5.74) is 0.484. The topological polar surface area (TPSA) is 53.4 Å². The van der Waals surface area contributed by atoms with Gasteiger partial charge in [-0.15, -0.1) is 11.3 Å². The van der Waals surface area contributed by atoms with Crippen molar-refractivity contribution in [2.45, 2.75) is 52.4 Å². The minimum absolute atomic E-state index is 0.226. The monoisotopic (exact) mass is 298 g/mol. The molecule has 0 atom stereocenters. The Hall–Kier alpha value is -0.940. The van der Waals surface area contributed by atoms with Gasteiger partial charge >= 0.3 is 5.97 Å². The second-order valence-corrected chi connectivity index (χ2v) is 7.33. The molecule has 0 unspecified atom stereocenters. The summed E-state index contributed by atoms with van der Waals surface area (Å²) in [6, 6.07) is 0. The minimum atomic E-state index is -0.863. The first kappa shape index (κ1) is 17.1. The van der Waals surface area contributed by atoms with E-state index in [1.54, 1.807) is 0 Å². The van der Waals surface area contributed by atoms with Crippen LogP contribution in [-0.4, -0.2) is 41.1 Å². The molecule has 0 amide bonds. The molecule has 0 saturated heterocycles. The van der Waals surface area contributed by atoms with Crippen LogP contribution in [0.15, 0.2) is 0 Å². The molecule has 0 aliphatic carbocycles. The maximum atomic E-state index is 11.3. The quantitative estimate of drug-likeness (QED) is 0.838. The molecule has 0 bridgehead atoms. The van der Waals surface area contributed by atoms with Crippen molar-refractivity contribution >= 4 is 17.3 Å². The van der Waals surface area contributed by atoms with Crippen molar-refractivity contribution in [1.82, 2.24) is 9.88 Å². The number of likely N-dealkylation sites (N-methyl/N-ethyl adjacent to an activating group) is 1. The summed E-state index contributed by atoms with van der Waals surface area (Å²) in [7, 11) is 2.10. The second-order valence-electron chi connectivity index (χ2n) is 6.25. The van der Waals surface area contributed by atoms with Crippen molar-refractivity contribution in [3.05, 3.63) is 15.6 Å². The third kappa shape index (κ3) is 4.87. The molecule has 0 fully saturated rings. The van der Waals surface area contributed by atoms with Gasteiger partial charge in [0, 0.05) is 18.4 Å². The third-order valence-electron chi connectivity index (χ3n) is 3.18. The molecule has 0 aliphatic heterocycles. The molecule has 1 N–H and O–H groups in total. The number of rotatable bonds is 7. The fourth-order valence-electron chi connectivity index (χ4n) is 1.95. The fraction of sp³-hybridized carbons (Fsp3) is 0.733. The molecule has 5 heteroatoms. The standard InChI is InChI=1S/C15H26N2O2S/c1-6-7-9-17(5)10-8-11-16-13(15(2,3)4)12(20-11)14(18)19/h6-10H2,1-5H3,(H,18,19). The summed E-state index contributed by atoms with van der Waals surface area (Å²) in [6.07, 6.45) is 3.21. The number of aromatic nitrogens is 1. The predicted octanol–water partition coefficient (Wildman–Crippen LogP) is 3.41. The molecule has 1 aromatic rings. The number of carbonyl (C=O) groups is 1. The molecule has 4 nitrogen and oxygen atoms in total. The average molecular weight is 298 g/mol. The van der Waals surface area contributed by atoms with Crippen LogP contribution in [0, 0.1) is 0 Å². The van der Waals surface area contributed by atoms with Crippen LogP contribution in [-0.2, 0) is 11.8 Å². The van der Waals surface area contributed by atoms with E-state index < -0.39 is 5.97 Å². The third-order valence-corrected chi connectivity index (χ3v) is 4.28. The van der Waals surface area contributed by atoms with Gasteiger partial charge in [-0.25, -0.2) is 9.78 Å². The lowest BCUT2D eigenvalue weighted by Gasteiger charge is -2.16. The molecule has 1 rings (SSSR count). The van der Waals surface area contributed by atoms with Crippen molar-refractivity contribution in [3.8, 4) is 0 Å². The summed E-state index contributed by atoms with van der Waals surface area (Å²) in [6.45, 7) is 10.2. The van der Waals surface area contributed by atoms with Crippen molar-refractivity contribution in [2.75, 3.05) is 20.1 Å². The Balaban J connectivity index is 2.75. The largest absolute Gasteiger partial charge is 0.477 e. The maximum Gasteiger partial charge on any atom is 0.347 e. The highest BCUT2D eigenvalue weighted by Crippen LogP contribution is 2.29. The number of aromatic carboxylic acids is 1. The highest BCUT2D eigenvalue weighted by atomic mass is 32.1. The second kappa shape index (κ2) is 7.18. The number of hydrogen-bond acceptors (Lipinski definition) is 4. The van der Waals surface area contributed by atoms with Gasteiger partial charge in [-0.2, -0.15) is 0 Å². The summed E-state index contributed by atoms with van der Waals surface area (Å²) < 4.78 is 0. The van der Waals surface area contributed by atoms with Crippen LogP contribution in [0.5, 0.6) is 0 Å². The van der Waals surface area contributed by atoms with Crippen LogP contribution in [0.4, 0.5) is 0 Å². The molecule has 1 aromatic heterocycles. The average Bonchev–Trinajstić information content (AvgIpc) is 2.78. The van der Waals surface area contributed by atoms with E-state index in [1.165, 1.54) is 24.2 Å². The summed E-state index contributed by atoms with van der Waals surface area (Å²) in [5.74, 6) is -0.863. The maximum absolute atomic E-state index is 11.3. The number of thiazole rings is 1. The summed E-state index contributed by atoms with van der Waals surface area (Å²) >= 11 is 1.32. The van der Waals surface area contributed by atoms with Crippen LogP contribution in [0.2, 0.25) is 0 Å². The van der Waals surface area contributed by atoms with Gasteiger partial charge in [-0.1, -0.05) is 34.1 Å². The lowest BCUT2D eigenvalue weighted by Crippen LogP contribution is -2.22. The van der Waals surface area contributed by atoms with E-state index in [1.807, 2.05) is 20.8 Å². The van der Waals surface area contributed by atoms with E-state index in [0.29, 0.717) is 10.6 Å². The van der Waals surface area contributed by atoms with Gasteiger partial charge in [-0.05, 0) is 20.0 Å². The predicted molar refractivity (Wildman–Crippen MR) is 83.9 cm³/mol. The molecule has 0 spiro atoms. The number of nitrogens with zero attached hydrogens (tertiary/aromatic N) is 2. The van der Waals surface area contributed by atoms with Gasteiger partial charge in [-0.3, -0.25) is 0 Å². The van der Waals surface area contributed by atoms with Gasteiger partial charge in [0.05, 0.1) is 10.7 Å². The minimum Gasteiger partial charge on any atom is -0.477 e. The van der Waals surface area contributed by atoms with E-state index >= 15 is 0 Å². The van der Waals surface area contributed by atoms with E-state index in [2.05, 4.69) is 23.9 Å². The molecular weight excluding hydrogens is 272 g/mol. The van der Waals surface area contributed by atoms with Crippen LogP contribution in [0.25, 0.3) is 0 Å². The molecule has 1 heterocycles. The van der Waals surface area contributed by atoms with E-state index in [0.717, 1.165) is 24.5 Å². The van der Waals surface area contributed by atoms with Gasteiger partial charge in [0.25, 0.3) is 0 Å². The number of hydrogen-bond donors (Lipinski definition) is 1. The Morgan fingerprint density at radius 1 is 1.35 bits per heavy atom. The highest BCUT2D eigenvalue weighted by Gasteiger charge is 2.26. The Morgan fingerprint density at radius 2 is 2.00 bits per heavy atom. The molecule has 20 heavy (non-hydrogen) atoms. The zero-order valence-electron chi connectivity index (χ0n) is 13.2. The number of carboxylic acids is 1. The Kier molecular flexibility index (Phi) is 6.14. The van der Waals surface area contributed by atoms with Crippen LogP contribution in [0.1, 0.15) is 60.9 Å². The molecule has 0 radical (unpaired) electrons. The fourth-order valence-corrected chi connectivity index (χ4v) is 3.05. The van der Waals surface area contributed by atoms with Crippen LogP contribution >= 0.6 is 11.3 Å². The van der Waals surface area contributed by atoms with Crippen molar-refractivity contribution < 1.29 is 9.90 Å². The normalized spacial score (nSPS) is 12.1. The molecule has 0 saturated carbocycles. The number of carboxylic acid groups (broad SMARTS) is 1. The molecule has 0 aliphatic rings.